The molecule has 82 valence electrons. The predicted molar refractivity (Wildman–Crippen MR) is 44.0 cm³/mol. The summed E-state index contributed by atoms with van der Waals surface area (Å²) in [4.78, 5) is 19.3. The van der Waals surface area contributed by atoms with E-state index in [1.54, 1.807) is 5.43 Å². The molecule has 5 N–H and O–H groups in total. The van der Waals surface area contributed by atoms with E-state index in [2.05, 4.69) is 10.6 Å². The van der Waals surface area contributed by atoms with Crippen LogP contribution in [0, 0.1) is 20.2 Å². The molecule has 0 atom stereocenters. The van der Waals surface area contributed by atoms with Gasteiger partial charge in [0, 0.05) is 5.10 Å². The van der Waals surface area contributed by atoms with Gasteiger partial charge in [0.25, 0.3) is 11.5 Å². The summed E-state index contributed by atoms with van der Waals surface area (Å²) in [6.07, 6.45) is 0. The molecule has 1 heterocycles. The smallest absolute Gasteiger partial charge is 0.459 e. The number of nitrogens with two attached hydrogens (primary N) is 2. The number of nitro groups is 2. The van der Waals surface area contributed by atoms with Gasteiger partial charge in [0.05, 0.1) is 0 Å². The second kappa shape index (κ2) is 3.72. The van der Waals surface area contributed by atoms with Crippen molar-refractivity contribution in [3.05, 3.63) is 25.8 Å². The molecule has 0 fully saturated rings. The van der Waals surface area contributed by atoms with E-state index in [9.17, 15) is 20.2 Å². The lowest BCUT2D eigenvalue weighted by molar-refractivity contribution is -0.730. The Morgan fingerprint density at radius 2 is 2.00 bits per heavy atom. The molecule has 12 nitrogen and oxygen atoms in total. The fourth-order valence-corrected chi connectivity index (χ4v) is 0.889. The molecule has 12 heteroatoms. The first-order valence-electron chi connectivity index (χ1n) is 3.32. The monoisotopic (exact) mass is 217 g/mol. The van der Waals surface area contributed by atoms with Crippen LogP contribution in [0.2, 0.25) is 0 Å². The van der Waals surface area contributed by atoms with Crippen LogP contribution in [0.4, 0.5) is 17.3 Å². The molecular formula is C3H5N8O4-. The third kappa shape index (κ3) is 1.61. The summed E-state index contributed by atoms with van der Waals surface area (Å²) in [6, 6.07) is 0. The fraction of sp³-hybridized carbons (Fsp3) is 0. The van der Waals surface area contributed by atoms with E-state index in [1.807, 2.05) is 0 Å². The van der Waals surface area contributed by atoms with Gasteiger partial charge < -0.3 is 26.9 Å². The van der Waals surface area contributed by atoms with Crippen molar-refractivity contribution in [2.24, 2.45) is 11.7 Å². The van der Waals surface area contributed by atoms with Crippen molar-refractivity contribution in [2.75, 3.05) is 5.43 Å². The lowest BCUT2D eigenvalue weighted by Crippen LogP contribution is -2.38. The standard InChI is InChI=1S/C3H5N8O4/c4-6-1-2(10(12)13)7-9(8-5)3(1)11(14)15/h6H,4-5H2/q-1. The van der Waals surface area contributed by atoms with Crippen LogP contribution in [0.15, 0.2) is 0 Å². The zero-order valence-electron chi connectivity index (χ0n) is 7.02. The van der Waals surface area contributed by atoms with Crippen molar-refractivity contribution in [2.45, 2.75) is 0 Å². The van der Waals surface area contributed by atoms with Crippen LogP contribution in [0.25, 0.3) is 5.53 Å². The molecule has 15 heavy (non-hydrogen) atoms. The zero-order chi connectivity index (χ0) is 11.6. The molecule has 1 aromatic rings. The van der Waals surface area contributed by atoms with Crippen LogP contribution in [0.3, 0.4) is 0 Å². The molecule has 0 unspecified atom stereocenters. The molecule has 0 saturated carbocycles. The maximum Gasteiger partial charge on any atom is 0.552 e. The molecule has 0 saturated heterocycles. The number of hydrazine groups is 1. The largest absolute Gasteiger partial charge is 0.552 e. The van der Waals surface area contributed by atoms with Gasteiger partial charge in [-0.3, -0.25) is 10.1 Å². The average Bonchev–Trinajstić information content (AvgIpc) is 2.55. The predicted octanol–water partition coefficient (Wildman–Crippen LogP) is -1.96. The van der Waals surface area contributed by atoms with E-state index in [4.69, 9.17) is 11.7 Å². The Kier molecular flexibility index (Phi) is 2.63. The van der Waals surface area contributed by atoms with Crippen molar-refractivity contribution in [3.63, 3.8) is 0 Å². The van der Waals surface area contributed by atoms with Crippen molar-refractivity contribution in [1.29, 1.82) is 0 Å². The highest BCUT2D eigenvalue weighted by atomic mass is 16.6. The topological polar surface area (TPSA) is 182 Å². The summed E-state index contributed by atoms with van der Waals surface area (Å²) in [5.41, 5.74) is 4.10. The zero-order valence-corrected chi connectivity index (χ0v) is 7.02. The van der Waals surface area contributed by atoms with Gasteiger partial charge >= 0.3 is 5.82 Å². The van der Waals surface area contributed by atoms with Gasteiger partial charge in [-0.1, -0.05) is 0 Å². The molecule has 0 radical (unpaired) electrons. The van der Waals surface area contributed by atoms with Crippen molar-refractivity contribution < 1.29 is 14.6 Å². The first-order chi connectivity index (χ1) is 7.02. The molecule has 0 spiro atoms. The first-order valence-corrected chi connectivity index (χ1v) is 3.32. The third-order valence-electron chi connectivity index (χ3n) is 1.43. The SMILES string of the molecule is N[N-][n+]1[n-]c([N+](=O)[O-])c(NN)c1[N+](=O)[O-]. The highest BCUT2D eigenvalue weighted by Crippen LogP contribution is 2.28. The minimum Gasteiger partial charge on any atom is -0.459 e. The average molecular weight is 217 g/mol. The Hall–Kier alpha value is -2.47. The summed E-state index contributed by atoms with van der Waals surface area (Å²) in [7, 11) is 0. The van der Waals surface area contributed by atoms with Crippen molar-refractivity contribution in [1.82, 2.24) is 5.10 Å². The van der Waals surface area contributed by atoms with Gasteiger partial charge in [0.2, 0.25) is 0 Å². The van der Waals surface area contributed by atoms with Crippen LogP contribution in [0.5, 0.6) is 0 Å². The van der Waals surface area contributed by atoms with Crippen molar-refractivity contribution in [3.8, 4) is 0 Å². The van der Waals surface area contributed by atoms with E-state index in [-0.39, 0.29) is 0 Å². The summed E-state index contributed by atoms with van der Waals surface area (Å²) in [5.74, 6) is 8.01. The maximum atomic E-state index is 10.5. The van der Waals surface area contributed by atoms with Crippen LogP contribution in [-0.2, 0) is 0 Å². The summed E-state index contributed by atoms with van der Waals surface area (Å²) in [6.45, 7) is 0. The van der Waals surface area contributed by atoms with E-state index < -0.39 is 27.2 Å². The van der Waals surface area contributed by atoms with Crippen LogP contribution in [0.1, 0.15) is 0 Å². The number of hydrogen-bond acceptors (Lipinski definition) is 7. The lowest BCUT2D eigenvalue weighted by Gasteiger charge is -1.99. The Bertz CT molecular complexity index is 410. The molecule has 0 bridgehead atoms. The number of aromatic nitrogens is 2. The van der Waals surface area contributed by atoms with Crippen molar-refractivity contribution >= 4 is 17.3 Å². The van der Waals surface area contributed by atoms with Crippen LogP contribution < -0.4 is 27.0 Å². The Morgan fingerprint density at radius 1 is 1.40 bits per heavy atom. The molecule has 0 aliphatic rings. The molecule has 0 amide bonds. The second-order valence-electron chi connectivity index (χ2n) is 2.19. The van der Waals surface area contributed by atoms with E-state index >= 15 is 0 Å². The minimum absolute atomic E-state index is 0.299. The van der Waals surface area contributed by atoms with E-state index in [1.165, 1.54) is 0 Å². The Morgan fingerprint density at radius 3 is 2.33 bits per heavy atom. The normalized spacial score (nSPS) is 9.73. The van der Waals surface area contributed by atoms with Gasteiger partial charge in [-0.2, -0.15) is 4.92 Å². The van der Waals surface area contributed by atoms with Gasteiger partial charge in [-0.05, 0) is 4.79 Å². The number of nitrogens with one attached hydrogen (secondary N) is 1. The number of nitrogens with zero attached hydrogens (tertiary/aromatic N) is 5. The number of nitrogen functional groups attached to an aromatic ring is 1. The summed E-state index contributed by atoms with van der Waals surface area (Å²) in [5, 5.41) is 24.1. The fourth-order valence-electron chi connectivity index (χ4n) is 0.889. The maximum absolute atomic E-state index is 10.5. The van der Waals surface area contributed by atoms with E-state index in [0.29, 0.717) is 4.79 Å². The third-order valence-corrected chi connectivity index (χ3v) is 1.43. The highest BCUT2D eigenvalue weighted by molar-refractivity contribution is 5.64. The molecule has 1 aromatic heterocycles. The quantitative estimate of drug-likeness (QED) is 0.224. The Balaban J connectivity index is 3.45. The summed E-state index contributed by atoms with van der Waals surface area (Å²) < 4.78 is 0. The number of anilines is 1. The first kappa shape index (κ1) is 10.6. The van der Waals surface area contributed by atoms with Crippen LogP contribution in [-0.4, -0.2) is 9.85 Å². The molecule has 0 aliphatic carbocycles. The van der Waals surface area contributed by atoms with Gasteiger partial charge in [0.1, 0.15) is 4.92 Å². The minimum atomic E-state index is -0.954. The van der Waals surface area contributed by atoms with Gasteiger partial charge in [-0.25, -0.2) is 5.84 Å². The highest BCUT2D eigenvalue weighted by Gasteiger charge is 2.34. The van der Waals surface area contributed by atoms with Gasteiger partial charge in [0.15, 0.2) is 0 Å². The molecule has 1 rings (SSSR count). The van der Waals surface area contributed by atoms with Gasteiger partial charge in [-0.15, -0.1) is 0 Å². The number of rotatable bonds is 4. The second-order valence-corrected chi connectivity index (χ2v) is 2.19. The number of hydrogen-bond donors (Lipinski definition) is 3. The molecular weight excluding hydrogens is 212 g/mol. The van der Waals surface area contributed by atoms with Crippen LogP contribution >= 0.6 is 0 Å². The summed E-state index contributed by atoms with van der Waals surface area (Å²) >= 11 is 0. The Labute approximate surface area is 81.0 Å². The lowest BCUT2D eigenvalue weighted by atomic mass is 10.5. The van der Waals surface area contributed by atoms with E-state index in [0.717, 1.165) is 0 Å². The molecule has 0 aliphatic heterocycles. The molecule has 0 aromatic carbocycles.